The molecule has 0 saturated carbocycles. The fourth-order valence-electron chi connectivity index (χ4n) is 4.24. The maximum absolute atomic E-state index is 12.5. The summed E-state index contributed by atoms with van der Waals surface area (Å²) in [6, 6.07) is 26.6. The first kappa shape index (κ1) is 34.0. The molecule has 0 bridgehead atoms. The van der Waals surface area contributed by atoms with Gasteiger partial charge in [-0.3, -0.25) is 14.4 Å². The number of hydrogen-bond donors (Lipinski definition) is 5. The van der Waals surface area contributed by atoms with Gasteiger partial charge < -0.3 is 26.2 Å². The molecule has 0 fully saturated rings. The molecule has 10 nitrogen and oxygen atoms in total. The van der Waals surface area contributed by atoms with E-state index in [2.05, 4.69) is 39.1 Å². The maximum Gasteiger partial charge on any atom is 0.490 e. The number of fused-ring (bicyclic) bond motifs is 1. The van der Waals surface area contributed by atoms with Gasteiger partial charge in [0.15, 0.2) is 0 Å². The van der Waals surface area contributed by atoms with Crippen molar-refractivity contribution in [2.24, 2.45) is 0 Å². The van der Waals surface area contributed by atoms with E-state index in [9.17, 15) is 32.7 Å². The number of carboxylic acids is 2. The summed E-state index contributed by atoms with van der Waals surface area (Å²) in [5.41, 5.74) is 2.75. The molecular formula is C32H31F3N4O6. The molecule has 4 aromatic rings. The van der Waals surface area contributed by atoms with E-state index in [1.54, 1.807) is 6.20 Å². The van der Waals surface area contributed by atoms with E-state index < -0.39 is 30.1 Å². The lowest BCUT2D eigenvalue weighted by Crippen LogP contribution is -2.39. The fourth-order valence-corrected chi connectivity index (χ4v) is 4.24. The molecule has 3 aromatic carbocycles. The van der Waals surface area contributed by atoms with E-state index in [0.29, 0.717) is 18.5 Å². The van der Waals surface area contributed by atoms with E-state index in [4.69, 9.17) is 9.90 Å². The first-order valence-corrected chi connectivity index (χ1v) is 13.7. The van der Waals surface area contributed by atoms with Crippen LogP contribution in [0.4, 0.5) is 19.0 Å². The van der Waals surface area contributed by atoms with Gasteiger partial charge in [-0.05, 0) is 46.0 Å². The smallest absolute Gasteiger partial charge is 0.481 e. The third-order valence-electron chi connectivity index (χ3n) is 6.37. The van der Waals surface area contributed by atoms with E-state index in [1.165, 1.54) is 0 Å². The highest BCUT2D eigenvalue weighted by Crippen LogP contribution is 2.30. The quantitative estimate of drug-likeness (QED) is 0.135. The molecule has 2 amide bonds. The van der Waals surface area contributed by atoms with E-state index in [0.717, 1.165) is 27.7 Å². The number of pyridine rings is 1. The van der Waals surface area contributed by atoms with Gasteiger partial charge in [-0.25, -0.2) is 9.78 Å². The number of nitrogens with one attached hydrogen (secondary N) is 3. The largest absolute Gasteiger partial charge is 0.490 e. The molecule has 4 rings (SSSR count). The summed E-state index contributed by atoms with van der Waals surface area (Å²) < 4.78 is 31.7. The molecule has 1 unspecified atom stereocenters. The van der Waals surface area contributed by atoms with Crippen LogP contribution >= 0.6 is 0 Å². The summed E-state index contributed by atoms with van der Waals surface area (Å²) in [7, 11) is 0. The number of rotatable bonds is 12. The number of amides is 2. The van der Waals surface area contributed by atoms with Crippen LogP contribution in [0.1, 0.15) is 30.9 Å². The molecule has 0 spiro atoms. The molecule has 1 atom stereocenters. The molecule has 0 saturated heterocycles. The number of carboxylic acid groups (broad SMARTS) is 2. The molecule has 236 valence electrons. The van der Waals surface area contributed by atoms with Crippen LogP contribution in [0.25, 0.3) is 21.9 Å². The number of carbonyl (C=O) groups excluding carboxylic acids is 2. The lowest BCUT2D eigenvalue weighted by molar-refractivity contribution is -0.192. The number of aromatic nitrogens is 1. The number of aliphatic carboxylic acids is 2. The van der Waals surface area contributed by atoms with Crippen molar-refractivity contribution in [3.05, 3.63) is 96.7 Å². The average Bonchev–Trinajstić information content (AvgIpc) is 3.02. The molecule has 5 N–H and O–H groups in total. The molecule has 0 aliphatic heterocycles. The van der Waals surface area contributed by atoms with Crippen molar-refractivity contribution >= 4 is 40.3 Å². The Kier molecular flexibility index (Phi) is 12.4. The van der Waals surface area contributed by atoms with Crippen molar-refractivity contribution < 1.29 is 42.6 Å². The van der Waals surface area contributed by atoms with Crippen LogP contribution in [0, 0.1) is 0 Å². The van der Waals surface area contributed by atoms with Gasteiger partial charge >= 0.3 is 18.1 Å². The van der Waals surface area contributed by atoms with Crippen molar-refractivity contribution in [3.63, 3.8) is 0 Å². The Balaban J connectivity index is 0.000000707. The number of benzene rings is 3. The topological polar surface area (TPSA) is 158 Å². The zero-order valence-electron chi connectivity index (χ0n) is 23.9. The Morgan fingerprint density at radius 3 is 2.13 bits per heavy atom. The Morgan fingerprint density at radius 2 is 1.49 bits per heavy atom. The van der Waals surface area contributed by atoms with Gasteiger partial charge in [0.25, 0.3) is 0 Å². The van der Waals surface area contributed by atoms with Gasteiger partial charge in [0.2, 0.25) is 11.8 Å². The standard InChI is InChI=1S/C30H30N4O4.C2HF3O2/c35-28(12-6-18-32-27-11-3-4-17-31-27)33-20-29(36)34-26(19-30(37)38)23-15-13-22(14-16-23)25-10-5-8-21-7-1-2-9-24(21)25;3-2(4,5)1(6)7/h1-5,7-11,13-17,26H,6,12,18-20H2,(H,31,32)(H,33,35)(H,34,36)(H,37,38);(H,6,7). The number of nitrogens with zero attached hydrogens (tertiary/aromatic N) is 1. The van der Waals surface area contributed by atoms with Crippen LogP contribution < -0.4 is 16.0 Å². The molecule has 45 heavy (non-hydrogen) atoms. The minimum atomic E-state index is -5.08. The van der Waals surface area contributed by atoms with Crippen molar-refractivity contribution in [1.29, 1.82) is 0 Å². The first-order chi connectivity index (χ1) is 21.4. The highest BCUT2D eigenvalue weighted by atomic mass is 19.4. The van der Waals surface area contributed by atoms with Crippen LogP contribution in [0.3, 0.4) is 0 Å². The lowest BCUT2D eigenvalue weighted by atomic mass is 9.95. The second-order valence-electron chi connectivity index (χ2n) is 9.69. The van der Waals surface area contributed by atoms with Gasteiger partial charge in [0.05, 0.1) is 19.0 Å². The number of anilines is 1. The van der Waals surface area contributed by atoms with Gasteiger partial charge in [-0.2, -0.15) is 13.2 Å². The Hall–Kier alpha value is -5.46. The second kappa shape index (κ2) is 16.4. The van der Waals surface area contributed by atoms with Crippen LogP contribution in [-0.2, 0) is 19.2 Å². The monoisotopic (exact) mass is 624 g/mol. The molecule has 13 heteroatoms. The van der Waals surface area contributed by atoms with Gasteiger partial charge in [0.1, 0.15) is 5.82 Å². The molecule has 0 aliphatic rings. The summed E-state index contributed by atoms with van der Waals surface area (Å²) in [4.78, 5) is 49.2. The average molecular weight is 625 g/mol. The predicted molar refractivity (Wildman–Crippen MR) is 161 cm³/mol. The summed E-state index contributed by atoms with van der Waals surface area (Å²) >= 11 is 0. The normalized spacial score (nSPS) is 11.4. The lowest BCUT2D eigenvalue weighted by Gasteiger charge is -2.18. The summed E-state index contributed by atoms with van der Waals surface area (Å²) in [6.07, 6.45) is -2.84. The molecule has 0 radical (unpaired) electrons. The van der Waals surface area contributed by atoms with Crippen molar-refractivity contribution in [1.82, 2.24) is 15.6 Å². The van der Waals surface area contributed by atoms with Gasteiger partial charge in [-0.1, -0.05) is 72.8 Å². The minimum absolute atomic E-state index is 0.225. The van der Waals surface area contributed by atoms with E-state index >= 15 is 0 Å². The van der Waals surface area contributed by atoms with Crippen molar-refractivity contribution in [3.8, 4) is 11.1 Å². The Bertz CT molecular complexity index is 1590. The third kappa shape index (κ3) is 11.3. The second-order valence-corrected chi connectivity index (χ2v) is 9.69. The summed E-state index contributed by atoms with van der Waals surface area (Å²) in [5.74, 6) is -3.75. The number of hydrogen-bond acceptors (Lipinski definition) is 6. The molecular weight excluding hydrogens is 593 g/mol. The van der Waals surface area contributed by atoms with Crippen LogP contribution in [0.15, 0.2) is 91.1 Å². The minimum Gasteiger partial charge on any atom is -0.481 e. The molecule has 1 heterocycles. The highest BCUT2D eigenvalue weighted by molar-refractivity contribution is 5.96. The summed E-state index contributed by atoms with van der Waals surface area (Å²) in [5, 5.41) is 27.2. The third-order valence-corrected chi connectivity index (χ3v) is 6.37. The van der Waals surface area contributed by atoms with Crippen LogP contribution in [0.5, 0.6) is 0 Å². The van der Waals surface area contributed by atoms with Crippen molar-refractivity contribution in [2.75, 3.05) is 18.4 Å². The fraction of sp³-hybridized carbons (Fsp3) is 0.219. The zero-order valence-corrected chi connectivity index (χ0v) is 23.9. The van der Waals surface area contributed by atoms with Crippen LogP contribution in [0.2, 0.25) is 0 Å². The predicted octanol–water partition coefficient (Wildman–Crippen LogP) is 5.18. The first-order valence-electron chi connectivity index (χ1n) is 13.7. The highest BCUT2D eigenvalue weighted by Gasteiger charge is 2.38. The SMILES string of the molecule is O=C(O)C(F)(F)F.O=C(O)CC(NC(=O)CNC(=O)CCCNc1ccccn1)c1ccc(-c2cccc3ccccc23)cc1. The van der Waals surface area contributed by atoms with E-state index in [-0.39, 0.29) is 25.3 Å². The number of carbonyl (C=O) groups is 4. The Labute approximate surface area is 256 Å². The van der Waals surface area contributed by atoms with Crippen molar-refractivity contribution in [2.45, 2.75) is 31.5 Å². The maximum atomic E-state index is 12.5. The van der Waals surface area contributed by atoms with E-state index in [1.807, 2.05) is 66.7 Å². The molecule has 0 aliphatic carbocycles. The number of halogens is 3. The zero-order chi connectivity index (χ0) is 32.8. The van der Waals surface area contributed by atoms with Crippen LogP contribution in [-0.4, -0.2) is 58.2 Å². The molecule has 1 aromatic heterocycles. The van der Waals surface area contributed by atoms with Gasteiger partial charge in [-0.15, -0.1) is 0 Å². The van der Waals surface area contributed by atoms with Gasteiger partial charge in [0, 0.05) is 19.2 Å². The summed E-state index contributed by atoms with van der Waals surface area (Å²) in [6.45, 7) is 0.350. The Morgan fingerprint density at radius 1 is 0.822 bits per heavy atom. The number of alkyl halides is 3.